The van der Waals surface area contributed by atoms with E-state index >= 15 is 0 Å². The van der Waals surface area contributed by atoms with Crippen LogP contribution in [-0.2, 0) is 9.59 Å². The molecule has 1 aliphatic heterocycles. The molecule has 2 aromatic rings. The summed E-state index contributed by atoms with van der Waals surface area (Å²) in [6.45, 7) is 5.53. The van der Waals surface area contributed by atoms with Crippen molar-refractivity contribution in [2.75, 3.05) is 11.9 Å². The van der Waals surface area contributed by atoms with Crippen LogP contribution in [0.15, 0.2) is 34.6 Å². The molecule has 26 heavy (non-hydrogen) atoms. The van der Waals surface area contributed by atoms with Gasteiger partial charge in [-0.15, -0.1) is 11.3 Å². The molecule has 0 aliphatic carbocycles. The number of imide groups is 1. The van der Waals surface area contributed by atoms with Gasteiger partial charge < -0.3 is 5.32 Å². The molecule has 3 amide bonds. The van der Waals surface area contributed by atoms with Gasteiger partial charge in [0, 0.05) is 10.6 Å². The zero-order chi connectivity index (χ0) is 18.8. The Bertz CT molecular complexity index is 894. The minimum Gasteiger partial charge on any atom is -0.324 e. The van der Waals surface area contributed by atoms with Gasteiger partial charge in [0.2, 0.25) is 5.91 Å². The van der Waals surface area contributed by atoms with Crippen LogP contribution in [0.5, 0.6) is 0 Å². The lowest BCUT2D eigenvalue weighted by molar-refractivity contribution is -0.127. The minimum absolute atomic E-state index is 0.292. The number of carbonyl (C=O) groups excluding carboxylic acids is 3. The Balaban J connectivity index is 1.72. The molecule has 1 saturated heterocycles. The topological polar surface area (TPSA) is 66.5 Å². The molecule has 0 radical (unpaired) electrons. The summed E-state index contributed by atoms with van der Waals surface area (Å²) in [4.78, 5) is 39.2. The number of aryl methyl sites for hydroxylation is 3. The summed E-state index contributed by atoms with van der Waals surface area (Å²) in [6, 6.07) is 7.70. The second-order valence-corrected chi connectivity index (χ2v) is 8.08. The van der Waals surface area contributed by atoms with Crippen molar-refractivity contribution >= 4 is 51.9 Å². The molecule has 0 bridgehead atoms. The molecule has 7 heteroatoms. The number of hydrogen-bond acceptors (Lipinski definition) is 5. The van der Waals surface area contributed by atoms with Gasteiger partial charge >= 0.3 is 0 Å². The number of thioether (sulfide) groups is 1. The first-order chi connectivity index (χ1) is 12.3. The van der Waals surface area contributed by atoms with Gasteiger partial charge in [0.05, 0.1) is 4.91 Å². The Morgan fingerprint density at radius 3 is 2.50 bits per heavy atom. The minimum atomic E-state index is -0.430. The lowest BCUT2D eigenvalue weighted by atomic mass is 10.1. The number of carbonyl (C=O) groups is 3. The van der Waals surface area contributed by atoms with E-state index in [9.17, 15) is 14.4 Å². The summed E-state index contributed by atoms with van der Waals surface area (Å²) >= 11 is 2.34. The molecule has 0 unspecified atom stereocenters. The molecule has 3 rings (SSSR count). The van der Waals surface area contributed by atoms with E-state index < -0.39 is 11.1 Å². The van der Waals surface area contributed by atoms with Crippen molar-refractivity contribution in [2.45, 2.75) is 20.8 Å². The molecule has 1 aromatic heterocycles. The van der Waals surface area contributed by atoms with Crippen molar-refractivity contribution < 1.29 is 14.4 Å². The standard InChI is InChI=1S/C19H18N2O3S2/c1-11-7-12(2)17(13(3)8-11)20-16(22)10-21-18(23)15(26-19(21)24)9-14-5-4-6-25-14/h4-9H,10H2,1-3H3,(H,20,22)/b15-9-. The molecule has 1 aromatic carbocycles. The summed E-state index contributed by atoms with van der Waals surface area (Å²) in [5, 5.41) is 4.30. The van der Waals surface area contributed by atoms with Gasteiger partial charge in [0.1, 0.15) is 6.54 Å². The van der Waals surface area contributed by atoms with Gasteiger partial charge in [0.15, 0.2) is 0 Å². The molecular weight excluding hydrogens is 368 g/mol. The average molecular weight is 386 g/mol. The van der Waals surface area contributed by atoms with E-state index in [1.54, 1.807) is 6.08 Å². The number of benzene rings is 1. The summed E-state index contributed by atoms with van der Waals surface area (Å²) in [6.07, 6.45) is 1.68. The van der Waals surface area contributed by atoms with Crippen molar-refractivity contribution in [3.8, 4) is 0 Å². The van der Waals surface area contributed by atoms with Gasteiger partial charge in [-0.3, -0.25) is 19.3 Å². The molecule has 5 nitrogen and oxygen atoms in total. The summed E-state index contributed by atoms with van der Waals surface area (Å²) in [5.41, 5.74) is 3.73. The number of nitrogens with one attached hydrogen (secondary N) is 1. The maximum absolute atomic E-state index is 12.4. The van der Waals surface area contributed by atoms with Crippen molar-refractivity contribution in [1.82, 2.24) is 4.90 Å². The lowest BCUT2D eigenvalue weighted by Gasteiger charge is -2.15. The van der Waals surface area contributed by atoms with Crippen LogP contribution in [0.2, 0.25) is 0 Å². The van der Waals surface area contributed by atoms with E-state index in [1.807, 2.05) is 50.4 Å². The Kier molecular flexibility index (Phi) is 5.29. The average Bonchev–Trinajstić information content (AvgIpc) is 3.15. The lowest BCUT2D eigenvalue weighted by Crippen LogP contribution is -2.36. The predicted molar refractivity (Wildman–Crippen MR) is 106 cm³/mol. The third-order valence-electron chi connectivity index (χ3n) is 3.93. The summed E-state index contributed by atoms with van der Waals surface area (Å²) in [7, 11) is 0. The third kappa shape index (κ3) is 3.89. The monoisotopic (exact) mass is 386 g/mol. The Labute approximate surface area is 160 Å². The van der Waals surface area contributed by atoms with Gasteiger partial charge in [-0.1, -0.05) is 23.8 Å². The van der Waals surface area contributed by atoms with Crippen LogP contribution in [0.4, 0.5) is 10.5 Å². The summed E-state index contributed by atoms with van der Waals surface area (Å²) in [5.74, 6) is -0.819. The predicted octanol–water partition coefficient (Wildman–Crippen LogP) is 4.35. The number of nitrogens with zero attached hydrogens (tertiary/aromatic N) is 1. The highest BCUT2D eigenvalue weighted by Gasteiger charge is 2.36. The molecule has 1 aliphatic rings. The highest BCUT2D eigenvalue weighted by Crippen LogP contribution is 2.33. The van der Waals surface area contributed by atoms with Gasteiger partial charge in [0.25, 0.3) is 11.1 Å². The molecule has 1 N–H and O–H groups in total. The van der Waals surface area contributed by atoms with Crippen LogP contribution < -0.4 is 5.32 Å². The third-order valence-corrected chi connectivity index (χ3v) is 5.66. The molecule has 1 fully saturated rings. The maximum Gasteiger partial charge on any atom is 0.294 e. The normalized spacial score (nSPS) is 15.8. The fourth-order valence-corrected chi connectivity index (χ4v) is 4.40. The molecule has 2 heterocycles. The van der Waals surface area contributed by atoms with Gasteiger partial charge in [-0.2, -0.15) is 0 Å². The summed E-state index contributed by atoms with van der Waals surface area (Å²) < 4.78 is 0. The second-order valence-electron chi connectivity index (χ2n) is 6.11. The Hall–Kier alpha value is -2.38. The SMILES string of the molecule is Cc1cc(C)c(NC(=O)CN2C(=O)S/C(=C\c3cccs3)C2=O)c(C)c1. The number of rotatable bonds is 4. The molecule has 0 atom stereocenters. The first-order valence-electron chi connectivity index (χ1n) is 8.01. The smallest absolute Gasteiger partial charge is 0.294 e. The van der Waals surface area contributed by atoms with Gasteiger partial charge in [-0.25, -0.2) is 0 Å². The van der Waals surface area contributed by atoms with Crippen LogP contribution in [0.3, 0.4) is 0 Å². The van der Waals surface area contributed by atoms with Crippen LogP contribution in [0, 0.1) is 20.8 Å². The largest absolute Gasteiger partial charge is 0.324 e. The van der Waals surface area contributed by atoms with Crippen molar-refractivity contribution in [2.24, 2.45) is 0 Å². The van der Waals surface area contributed by atoms with Crippen molar-refractivity contribution in [3.05, 3.63) is 56.1 Å². The van der Waals surface area contributed by atoms with Crippen LogP contribution >= 0.6 is 23.1 Å². The van der Waals surface area contributed by atoms with E-state index in [0.29, 0.717) is 4.91 Å². The second kappa shape index (κ2) is 7.47. The fraction of sp³-hybridized carbons (Fsp3) is 0.211. The fourth-order valence-electron chi connectivity index (χ4n) is 2.84. The highest BCUT2D eigenvalue weighted by atomic mass is 32.2. The molecular formula is C19H18N2O3S2. The maximum atomic E-state index is 12.4. The van der Waals surface area contributed by atoms with E-state index in [4.69, 9.17) is 0 Å². The quantitative estimate of drug-likeness (QED) is 0.794. The number of amides is 3. The number of thiophene rings is 1. The van der Waals surface area contributed by atoms with Crippen LogP contribution in [-0.4, -0.2) is 28.5 Å². The van der Waals surface area contributed by atoms with Gasteiger partial charge in [-0.05, 0) is 61.2 Å². The Morgan fingerprint density at radius 2 is 1.88 bits per heavy atom. The first-order valence-corrected chi connectivity index (χ1v) is 9.71. The molecule has 0 spiro atoms. The van der Waals surface area contributed by atoms with E-state index in [-0.39, 0.29) is 12.5 Å². The number of anilines is 1. The zero-order valence-corrected chi connectivity index (χ0v) is 16.3. The molecule has 134 valence electrons. The van der Waals surface area contributed by atoms with E-state index in [0.717, 1.165) is 43.9 Å². The van der Waals surface area contributed by atoms with Crippen LogP contribution in [0.1, 0.15) is 21.6 Å². The number of hydrogen-bond donors (Lipinski definition) is 1. The molecule has 0 saturated carbocycles. The van der Waals surface area contributed by atoms with E-state index in [1.165, 1.54) is 11.3 Å². The first kappa shape index (κ1) is 18.4. The van der Waals surface area contributed by atoms with Crippen molar-refractivity contribution in [1.29, 1.82) is 0 Å². The van der Waals surface area contributed by atoms with Crippen molar-refractivity contribution in [3.63, 3.8) is 0 Å². The zero-order valence-electron chi connectivity index (χ0n) is 14.7. The Morgan fingerprint density at radius 1 is 1.19 bits per heavy atom. The van der Waals surface area contributed by atoms with Crippen LogP contribution in [0.25, 0.3) is 6.08 Å². The highest BCUT2D eigenvalue weighted by molar-refractivity contribution is 8.18. The van der Waals surface area contributed by atoms with E-state index in [2.05, 4.69) is 5.32 Å².